The lowest BCUT2D eigenvalue weighted by atomic mass is 10.2. The molecule has 0 saturated heterocycles. The summed E-state index contributed by atoms with van der Waals surface area (Å²) in [6.07, 6.45) is 1.10. The molecule has 2 rings (SSSR count). The van der Waals surface area contributed by atoms with Gasteiger partial charge in [0.05, 0.1) is 5.56 Å². The number of hydrogen-bond donors (Lipinski definition) is 1. The molecule has 0 amide bonds. The van der Waals surface area contributed by atoms with Crippen molar-refractivity contribution in [2.45, 2.75) is 26.4 Å². The van der Waals surface area contributed by atoms with Crippen LogP contribution < -0.4 is 5.32 Å². The maximum Gasteiger partial charge on any atom is 0.100 e. The molecule has 2 aromatic heterocycles. The van der Waals surface area contributed by atoms with Gasteiger partial charge in [-0.1, -0.05) is 6.92 Å². The lowest BCUT2D eigenvalue weighted by molar-refractivity contribution is 0.704. The molecule has 1 N–H and O–H groups in total. The highest BCUT2D eigenvalue weighted by atomic mass is 32.1. The van der Waals surface area contributed by atoms with Crippen molar-refractivity contribution in [1.29, 1.82) is 5.26 Å². The van der Waals surface area contributed by atoms with E-state index in [1.165, 1.54) is 15.3 Å². The summed E-state index contributed by atoms with van der Waals surface area (Å²) in [7, 11) is 0. The van der Waals surface area contributed by atoms with Crippen molar-refractivity contribution in [3.05, 3.63) is 43.8 Å². The van der Waals surface area contributed by atoms with E-state index in [2.05, 4.69) is 29.8 Å². The van der Waals surface area contributed by atoms with Crippen LogP contribution in [0.2, 0.25) is 0 Å². The van der Waals surface area contributed by atoms with Crippen LogP contribution in [0.4, 0.5) is 0 Å². The first-order valence-corrected chi connectivity index (χ1v) is 7.33. The summed E-state index contributed by atoms with van der Waals surface area (Å²) in [5.74, 6) is 0. The minimum atomic E-state index is 0.761. The van der Waals surface area contributed by atoms with Crippen molar-refractivity contribution in [3.8, 4) is 6.07 Å². The van der Waals surface area contributed by atoms with Gasteiger partial charge in [0, 0.05) is 28.2 Å². The molecular formula is C13H14N2S2. The highest BCUT2D eigenvalue weighted by molar-refractivity contribution is 7.10. The van der Waals surface area contributed by atoms with E-state index in [4.69, 9.17) is 5.26 Å². The number of nitrogens with one attached hydrogen (secondary N) is 1. The Bertz CT molecular complexity index is 520. The lowest BCUT2D eigenvalue weighted by Crippen LogP contribution is -2.11. The highest BCUT2D eigenvalue weighted by Crippen LogP contribution is 2.18. The number of nitriles is 1. The van der Waals surface area contributed by atoms with Gasteiger partial charge in [0.15, 0.2) is 0 Å². The Balaban J connectivity index is 1.85. The average molecular weight is 262 g/mol. The van der Waals surface area contributed by atoms with Gasteiger partial charge in [-0.05, 0) is 29.5 Å². The van der Waals surface area contributed by atoms with Gasteiger partial charge in [-0.3, -0.25) is 0 Å². The lowest BCUT2D eigenvalue weighted by Gasteiger charge is -2.03. The number of nitrogens with zero attached hydrogens (tertiary/aromatic N) is 1. The van der Waals surface area contributed by atoms with Crippen LogP contribution in [0.25, 0.3) is 0 Å². The molecule has 2 aromatic rings. The minimum absolute atomic E-state index is 0.761. The summed E-state index contributed by atoms with van der Waals surface area (Å²) < 4.78 is 0. The Morgan fingerprint density at radius 1 is 1.35 bits per heavy atom. The molecule has 17 heavy (non-hydrogen) atoms. The second-order valence-electron chi connectivity index (χ2n) is 3.74. The zero-order valence-electron chi connectivity index (χ0n) is 9.69. The topological polar surface area (TPSA) is 35.8 Å². The zero-order chi connectivity index (χ0) is 12.1. The van der Waals surface area contributed by atoms with Crippen LogP contribution in [-0.4, -0.2) is 0 Å². The van der Waals surface area contributed by atoms with Gasteiger partial charge in [0.25, 0.3) is 0 Å². The SMILES string of the molecule is CCc1ccsc1CNCc1cc(C#N)cs1. The van der Waals surface area contributed by atoms with E-state index in [0.29, 0.717) is 0 Å². The van der Waals surface area contributed by atoms with Gasteiger partial charge >= 0.3 is 0 Å². The van der Waals surface area contributed by atoms with Gasteiger partial charge in [-0.15, -0.1) is 22.7 Å². The summed E-state index contributed by atoms with van der Waals surface area (Å²) in [6, 6.07) is 6.30. The Hall–Kier alpha value is -1.15. The first-order chi connectivity index (χ1) is 8.33. The molecule has 0 aliphatic rings. The van der Waals surface area contributed by atoms with Gasteiger partial charge in [0.2, 0.25) is 0 Å². The van der Waals surface area contributed by atoms with Crippen molar-refractivity contribution in [2.24, 2.45) is 0 Å². The number of hydrogen-bond acceptors (Lipinski definition) is 4. The Labute approximate surface area is 110 Å². The summed E-state index contributed by atoms with van der Waals surface area (Å²) >= 11 is 3.45. The van der Waals surface area contributed by atoms with Gasteiger partial charge in [-0.25, -0.2) is 0 Å². The molecule has 0 atom stereocenters. The van der Waals surface area contributed by atoms with Gasteiger partial charge in [0.1, 0.15) is 6.07 Å². The Kier molecular flexibility index (Phi) is 4.32. The third-order valence-electron chi connectivity index (χ3n) is 2.59. The standard InChI is InChI=1S/C13H14N2S2/c1-2-11-3-4-16-13(11)8-15-7-12-5-10(6-14)9-17-12/h3-5,9,15H,2,7-8H2,1H3. The third-order valence-corrected chi connectivity index (χ3v) is 4.49. The maximum atomic E-state index is 8.73. The molecule has 4 heteroatoms. The number of aryl methyl sites for hydroxylation is 1. The molecule has 2 heterocycles. The molecule has 0 saturated carbocycles. The highest BCUT2D eigenvalue weighted by Gasteiger charge is 2.03. The number of rotatable bonds is 5. The van der Waals surface area contributed by atoms with E-state index in [1.54, 1.807) is 11.3 Å². The predicted octanol–water partition coefficient (Wildman–Crippen LogP) is 3.53. The van der Waals surface area contributed by atoms with Crippen molar-refractivity contribution < 1.29 is 0 Å². The van der Waals surface area contributed by atoms with Crippen LogP contribution in [-0.2, 0) is 19.5 Å². The maximum absolute atomic E-state index is 8.73. The first-order valence-electron chi connectivity index (χ1n) is 5.57. The number of thiophene rings is 2. The smallest absolute Gasteiger partial charge is 0.100 e. The second-order valence-corrected chi connectivity index (χ2v) is 5.74. The Morgan fingerprint density at radius 2 is 2.24 bits per heavy atom. The molecule has 0 bridgehead atoms. The van der Waals surface area contributed by atoms with Crippen LogP contribution in [0.3, 0.4) is 0 Å². The molecule has 0 aliphatic heterocycles. The fourth-order valence-corrected chi connectivity index (χ4v) is 3.39. The summed E-state index contributed by atoms with van der Waals surface area (Å²) in [5, 5.41) is 16.2. The summed E-state index contributed by atoms with van der Waals surface area (Å²) in [5.41, 5.74) is 2.20. The van der Waals surface area contributed by atoms with E-state index >= 15 is 0 Å². The van der Waals surface area contributed by atoms with Crippen LogP contribution in [0, 0.1) is 11.3 Å². The first kappa shape index (κ1) is 12.3. The molecule has 0 radical (unpaired) electrons. The molecule has 0 fully saturated rings. The van der Waals surface area contributed by atoms with E-state index in [-0.39, 0.29) is 0 Å². The van der Waals surface area contributed by atoms with E-state index in [1.807, 2.05) is 22.8 Å². The van der Waals surface area contributed by atoms with Crippen molar-refractivity contribution >= 4 is 22.7 Å². The van der Waals surface area contributed by atoms with Crippen LogP contribution in [0.1, 0.15) is 27.8 Å². The Morgan fingerprint density at radius 3 is 2.94 bits per heavy atom. The summed E-state index contributed by atoms with van der Waals surface area (Å²) in [6.45, 7) is 3.94. The molecule has 0 unspecified atom stereocenters. The molecule has 88 valence electrons. The average Bonchev–Trinajstić information content (AvgIpc) is 2.97. The van der Waals surface area contributed by atoms with Crippen molar-refractivity contribution in [1.82, 2.24) is 5.32 Å². The monoisotopic (exact) mass is 262 g/mol. The molecule has 0 spiro atoms. The summed E-state index contributed by atoms with van der Waals surface area (Å²) in [4.78, 5) is 2.64. The fraction of sp³-hybridized carbons (Fsp3) is 0.308. The fourth-order valence-electron chi connectivity index (χ4n) is 1.67. The third kappa shape index (κ3) is 3.16. The van der Waals surface area contributed by atoms with Crippen LogP contribution >= 0.6 is 22.7 Å². The van der Waals surface area contributed by atoms with E-state index in [9.17, 15) is 0 Å². The van der Waals surface area contributed by atoms with Crippen molar-refractivity contribution in [2.75, 3.05) is 0 Å². The van der Waals surface area contributed by atoms with E-state index < -0.39 is 0 Å². The van der Waals surface area contributed by atoms with Crippen LogP contribution in [0.5, 0.6) is 0 Å². The quantitative estimate of drug-likeness (QED) is 0.894. The minimum Gasteiger partial charge on any atom is -0.307 e. The normalized spacial score (nSPS) is 10.4. The molecule has 0 aliphatic carbocycles. The van der Waals surface area contributed by atoms with Crippen molar-refractivity contribution in [3.63, 3.8) is 0 Å². The van der Waals surface area contributed by atoms with Gasteiger partial charge < -0.3 is 5.32 Å². The zero-order valence-corrected chi connectivity index (χ0v) is 11.3. The molecule has 0 aromatic carbocycles. The second kappa shape index (κ2) is 5.97. The largest absolute Gasteiger partial charge is 0.307 e. The molecule has 2 nitrogen and oxygen atoms in total. The van der Waals surface area contributed by atoms with E-state index in [0.717, 1.165) is 25.1 Å². The van der Waals surface area contributed by atoms with Gasteiger partial charge in [-0.2, -0.15) is 5.26 Å². The van der Waals surface area contributed by atoms with Crippen LogP contribution in [0.15, 0.2) is 22.9 Å². The predicted molar refractivity (Wildman–Crippen MR) is 73.3 cm³/mol. The molecular weight excluding hydrogens is 248 g/mol.